The first-order valence-corrected chi connectivity index (χ1v) is 7.83. The Balaban J connectivity index is 1.96. The number of nitrogens with zero attached hydrogens (tertiary/aromatic N) is 1. The topological polar surface area (TPSA) is 62.2 Å². The minimum absolute atomic E-state index is 0.0619. The number of carbonyl (C=O) groups is 1. The van der Waals surface area contributed by atoms with E-state index < -0.39 is 0 Å². The number of amides is 1. The summed E-state index contributed by atoms with van der Waals surface area (Å²) in [5, 5.41) is 16.1. The van der Waals surface area contributed by atoms with E-state index in [2.05, 4.69) is 22.1 Å². The predicted octanol–water partition coefficient (Wildman–Crippen LogP) is 2.18. The second-order valence-corrected chi connectivity index (χ2v) is 6.03. The number of hydrogen-bond acceptors (Lipinski definition) is 5. The lowest BCUT2D eigenvalue weighted by atomic mass is 10.2. The van der Waals surface area contributed by atoms with E-state index >= 15 is 0 Å². The molecule has 0 atom stereocenters. The smallest absolute Gasteiger partial charge is 0.271 e. The van der Waals surface area contributed by atoms with Gasteiger partial charge in [0.25, 0.3) is 5.91 Å². The molecule has 0 unspecified atom stereocenters. The summed E-state index contributed by atoms with van der Waals surface area (Å²) in [5.41, 5.74) is 1.36. The first-order valence-electron chi connectivity index (χ1n) is 6.07. The van der Waals surface area contributed by atoms with Gasteiger partial charge in [-0.15, -0.1) is 22.7 Å². The molecule has 1 amide bonds. The van der Waals surface area contributed by atoms with Crippen molar-refractivity contribution in [2.24, 2.45) is 0 Å². The number of aliphatic hydroxyl groups is 1. The summed E-state index contributed by atoms with van der Waals surface area (Å²) in [6.45, 7) is 2.37. The number of aromatic nitrogens is 1. The van der Waals surface area contributed by atoms with Crippen LogP contribution in [0, 0.1) is 18.8 Å². The van der Waals surface area contributed by atoms with Crippen LogP contribution in [0.4, 0.5) is 0 Å². The summed E-state index contributed by atoms with van der Waals surface area (Å²) >= 11 is 3.01. The summed E-state index contributed by atoms with van der Waals surface area (Å²) in [7, 11) is 0. The summed E-state index contributed by atoms with van der Waals surface area (Å²) < 4.78 is 0. The van der Waals surface area contributed by atoms with Crippen molar-refractivity contribution in [2.75, 3.05) is 6.61 Å². The first kappa shape index (κ1) is 14.7. The van der Waals surface area contributed by atoms with Gasteiger partial charge in [-0.3, -0.25) is 4.79 Å². The van der Waals surface area contributed by atoms with Crippen LogP contribution in [0.3, 0.4) is 0 Å². The SMILES string of the molecule is Cc1nc(C(=O)NCc2sccc2C#CCCO)cs1. The maximum absolute atomic E-state index is 11.9. The van der Waals surface area contributed by atoms with E-state index in [-0.39, 0.29) is 12.5 Å². The lowest BCUT2D eigenvalue weighted by molar-refractivity contribution is 0.0947. The zero-order valence-electron chi connectivity index (χ0n) is 11.0. The highest BCUT2D eigenvalue weighted by Crippen LogP contribution is 2.16. The largest absolute Gasteiger partial charge is 0.395 e. The van der Waals surface area contributed by atoms with Gasteiger partial charge in [0.05, 0.1) is 18.2 Å². The van der Waals surface area contributed by atoms with E-state index in [0.29, 0.717) is 18.7 Å². The highest BCUT2D eigenvalue weighted by molar-refractivity contribution is 7.10. The van der Waals surface area contributed by atoms with Crippen molar-refractivity contribution in [1.29, 1.82) is 0 Å². The van der Waals surface area contributed by atoms with Gasteiger partial charge in [0.15, 0.2) is 0 Å². The zero-order valence-corrected chi connectivity index (χ0v) is 12.6. The van der Waals surface area contributed by atoms with Gasteiger partial charge in [0.1, 0.15) is 5.69 Å². The highest BCUT2D eigenvalue weighted by atomic mass is 32.1. The van der Waals surface area contributed by atoms with Crippen LogP contribution in [0.1, 0.15) is 32.4 Å². The van der Waals surface area contributed by atoms with Crippen LogP contribution in [-0.2, 0) is 6.54 Å². The number of aryl methyl sites for hydroxylation is 1. The molecule has 0 saturated heterocycles. The summed E-state index contributed by atoms with van der Waals surface area (Å²) in [6.07, 6.45) is 0.458. The minimum Gasteiger partial charge on any atom is -0.395 e. The van der Waals surface area contributed by atoms with Gasteiger partial charge in [-0.1, -0.05) is 11.8 Å². The van der Waals surface area contributed by atoms with Gasteiger partial charge in [0, 0.05) is 22.2 Å². The molecule has 2 aromatic heterocycles. The summed E-state index contributed by atoms with van der Waals surface area (Å²) in [6, 6.07) is 1.92. The number of aliphatic hydroxyl groups excluding tert-OH is 1. The normalized spacial score (nSPS) is 9.90. The molecule has 0 spiro atoms. The fraction of sp³-hybridized carbons (Fsp3) is 0.286. The molecular weight excluding hydrogens is 292 g/mol. The van der Waals surface area contributed by atoms with Gasteiger partial charge >= 0.3 is 0 Å². The van der Waals surface area contributed by atoms with E-state index in [0.717, 1.165) is 15.4 Å². The van der Waals surface area contributed by atoms with Crippen LogP contribution >= 0.6 is 22.7 Å². The standard InChI is InChI=1S/C14H14N2O2S2/c1-10-16-12(9-20-10)14(18)15-8-13-11(5-7-19-13)4-2-3-6-17/h5,7,9,17H,3,6,8H2,1H3,(H,15,18). The van der Waals surface area contributed by atoms with Crippen molar-refractivity contribution in [3.05, 3.63) is 38.0 Å². The Labute approximate surface area is 125 Å². The lowest BCUT2D eigenvalue weighted by Crippen LogP contribution is -2.23. The predicted molar refractivity (Wildman–Crippen MR) is 80.9 cm³/mol. The number of thiazole rings is 1. The van der Waals surface area contributed by atoms with Crippen molar-refractivity contribution in [3.63, 3.8) is 0 Å². The molecule has 20 heavy (non-hydrogen) atoms. The lowest BCUT2D eigenvalue weighted by Gasteiger charge is -2.01. The minimum atomic E-state index is -0.169. The summed E-state index contributed by atoms with van der Waals surface area (Å²) in [4.78, 5) is 17.1. The van der Waals surface area contributed by atoms with Crippen molar-refractivity contribution in [3.8, 4) is 11.8 Å². The van der Waals surface area contributed by atoms with Gasteiger partial charge in [0.2, 0.25) is 0 Å². The number of carbonyl (C=O) groups excluding carboxylic acids is 1. The Morgan fingerprint density at radius 1 is 1.50 bits per heavy atom. The molecule has 0 radical (unpaired) electrons. The number of nitrogens with one attached hydrogen (secondary N) is 1. The first-order chi connectivity index (χ1) is 9.70. The van der Waals surface area contributed by atoms with Crippen LogP contribution in [0.5, 0.6) is 0 Å². The maximum Gasteiger partial charge on any atom is 0.271 e. The monoisotopic (exact) mass is 306 g/mol. The van der Waals surface area contributed by atoms with Crippen LogP contribution in [0.25, 0.3) is 0 Å². The van der Waals surface area contributed by atoms with Gasteiger partial charge in [-0.2, -0.15) is 0 Å². The molecule has 2 aromatic rings. The maximum atomic E-state index is 11.9. The number of hydrogen-bond donors (Lipinski definition) is 2. The fourth-order valence-electron chi connectivity index (χ4n) is 1.52. The third-order valence-electron chi connectivity index (χ3n) is 2.47. The second kappa shape index (κ2) is 7.20. The molecular formula is C14H14N2O2S2. The zero-order chi connectivity index (χ0) is 14.4. The molecule has 0 aliphatic carbocycles. The van der Waals surface area contributed by atoms with Crippen molar-refractivity contribution in [1.82, 2.24) is 10.3 Å². The van der Waals surface area contributed by atoms with Crippen molar-refractivity contribution in [2.45, 2.75) is 19.9 Å². The molecule has 0 saturated carbocycles. The van der Waals surface area contributed by atoms with Gasteiger partial charge < -0.3 is 10.4 Å². The molecule has 4 nitrogen and oxygen atoms in total. The van der Waals surface area contributed by atoms with Crippen molar-refractivity contribution < 1.29 is 9.90 Å². The Hall–Kier alpha value is -1.68. The van der Waals surface area contributed by atoms with Crippen LogP contribution < -0.4 is 5.32 Å². The molecule has 0 aliphatic heterocycles. The Kier molecular flexibility index (Phi) is 5.30. The average molecular weight is 306 g/mol. The molecule has 2 N–H and O–H groups in total. The molecule has 0 bridgehead atoms. The van der Waals surface area contributed by atoms with Crippen molar-refractivity contribution >= 4 is 28.6 Å². The third kappa shape index (κ3) is 3.90. The summed E-state index contributed by atoms with van der Waals surface area (Å²) in [5.74, 6) is 5.71. The molecule has 6 heteroatoms. The Bertz CT molecular complexity index is 649. The Morgan fingerprint density at radius 3 is 3.05 bits per heavy atom. The van der Waals surface area contributed by atoms with E-state index in [1.54, 1.807) is 16.7 Å². The van der Waals surface area contributed by atoms with Crippen LogP contribution in [-0.4, -0.2) is 22.6 Å². The van der Waals surface area contributed by atoms with E-state index in [9.17, 15) is 4.79 Å². The highest BCUT2D eigenvalue weighted by Gasteiger charge is 2.10. The molecule has 104 valence electrons. The Morgan fingerprint density at radius 2 is 2.35 bits per heavy atom. The number of rotatable bonds is 4. The van der Waals surface area contributed by atoms with Crippen LogP contribution in [0.2, 0.25) is 0 Å². The molecule has 2 heterocycles. The van der Waals surface area contributed by atoms with E-state index in [1.807, 2.05) is 18.4 Å². The molecule has 0 aromatic carbocycles. The quantitative estimate of drug-likeness (QED) is 0.851. The van der Waals surface area contributed by atoms with Crippen LogP contribution in [0.15, 0.2) is 16.8 Å². The van der Waals surface area contributed by atoms with E-state index in [4.69, 9.17) is 5.11 Å². The van der Waals surface area contributed by atoms with E-state index in [1.165, 1.54) is 11.3 Å². The van der Waals surface area contributed by atoms with Gasteiger partial charge in [-0.05, 0) is 18.4 Å². The second-order valence-electron chi connectivity index (χ2n) is 3.97. The number of thiophene rings is 1. The third-order valence-corrected chi connectivity index (χ3v) is 4.16. The molecule has 2 rings (SSSR count). The van der Waals surface area contributed by atoms with Gasteiger partial charge in [-0.25, -0.2) is 4.98 Å². The molecule has 0 fully saturated rings. The molecule has 0 aliphatic rings. The fourth-order valence-corrected chi connectivity index (χ4v) is 2.88. The average Bonchev–Trinajstić information content (AvgIpc) is 3.05.